The fraction of sp³-hybridized carbons (Fsp3) is 0.636. The number of nitrogens with one attached hydrogen (secondary N) is 1. The molecule has 104 valence electrons. The minimum atomic E-state index is 0. The molecule has 0 atom stereocenters. The Morgan fingerprint density at radius 1 is 1.44 bits per heavy atom. The molecular formula is C11H19Cl2N3OS. The average Bonchev–Trinajstić information content (AvgIpc) is 2.56. The maximum Gasteiger partial charge on any atom is 0.228 e. The van der Waals surface area contributed by atoms with E-state index in [0.29, 0.717) is 6.42 Å². The predicted molar refractivity (Wildman–Crippen MR) is 79.1 cm³/mol. The van der Waals surface area contributed by atoms with Crippen molar-refractivity contribution in [1.29, 1.82) is 0 Å². The molecule has 1 aromatic rings. The van der Waals surface area contributed by atoms with Crippen LogP contribution in [0.5, 0.6) is 0 Å². The van der Waals surface area contributed by atoms with Crippen molar-refractivity contribution in [3.63, 3.8) is 0 Å². The third kappa shape index (κ3) is 5.10. The van der Waals surface area contributed by atoms with E-state index in [1.165, 1.54) is 0 Å². The number of carbonyl (C=O) groups excluding carboxylic acids is 1. The monoisotopic (exact) mass is 311 g/mol. The number of amides is 1. The second kappa shape index (κ2) is 8.69. The first-order valence-electron chi connectivity index (χ1n) is 5.65. The lowest BCUT2D eigenvalue weighted by Crippen LogP contribution is -2.35. The fourth-order valence-corrected chi connectivity index (χ4v) is 2.46. The van der Waals surface area contributed by atoms with Gasteiger partial charge >= 0.3 is 0 Å². The molecule has 1 fully saturated rings. The van der Waals surface area contributed by atoms with Crippen LogP contribution in [0.1, 0.15) is 17.1 Å². The van der Waals surface area contributed by atoms with E-state index in [9.17, 15) is 4.79 Å². The van der Waals surface area contributed by atoms with Gasteiger partial charge in [0.2, 0.25) is 5.91 Å². The Morgan fingerprint density at radius 3 is 2.89 bits per heavy atom. The van der Waals surface area contributed by atoms with E-state index in [4.69, 9.17) is 0 Å². The Kier molecular flexibility index (Phi) is 8.52. The highest BCUT2D eigenvalue weighted by Gasteiger charge is 2.16. The highest BCUT2D eigenvalue weighted by molar-refractivity contribution is 7.09. The maximum absolute atomic E-state index is 12.0. The van der Waals surface area contributed by atoms with E-state index >= 15 is 0 Å². The van der Waals surface area contributed by atoms with Gasteiger partial charge in [-0.3, -0.25) is 4.79 Å². The summed E-state index contributed by atoms with van der Waals surface area (Å²) in [6, 6.07) is 0. The van der Waals surface area contributed by atoms with E-state index in [0.717, 1.165) is 43.3 Å². The van der Waals surface area contributed by atoms with Gasteiger partial charge in [-0.15, -0.1) is 36.2 Å². The number of hydrogen-bond acceptors (Lipinski definition) is 4. The molecule has 1 aliphatic heterocycles. The van der Waals surface area contributed by atoms with Gasteiger partial charge in [0.25, 0.3) is 0 Å². The summed E-state index contributed by atoms with van der Waals surface area (Å²) in [5, 5.41) is 6.30. The Hall–Kier alpha value is -0.360. The minimum absolute atomic E-state index is 0. The van der Waals surface area contributed by atoms with Gasteiger partial charge in [0.05, 0.1) is 17.1 Å². The Balaban J connectivity index is 0.00000144. The first-order valence-corrected chi connectivity index (χ1v) is 6.53. The summed E-state index contributed by atoms with van der Waals surface area (Å²) >= 11 is 1.60. The number of rotatable bonds is 2. The minimum Gasteiger partial charge on any atom is -0.341 e. The van der Waals surface area contributed by atoms with E-state index in [-0.39, 0.29) is 30.7 Å². The summed E-state index contributed by atoms with van der Waals surface area (Å²) in [5.74, 6) is 0.203. The van der Waals surface area contributed by atoms with Gasteiger partial charge in [-0.1, -0.05) is 0 Å². The van der Waals surface area contributed by atoms with Crippen LogP contribution in [-0.2, 0) is 11.2 Å². The van der Waals surface area contributed by atoms with Crippen molar-refractivity contribution in [3.05, 3.63) is 16.1 Å². The van der Waals surface area contributed by atoms with Crippen LogP contribution in [0.15, 0.2) is 5.38 Å². The maximum atomic E-state index is 12.0. The lowest BCUT2D eigenvalue weighted by Gasteiger charge is -2.19. The van der Waals surface area contributed by atoms with Crippen LogP contribution in [-0.4, -0.2) is 42.0 Å². The number of nitrogens with zero attached hydrogens (tertiary/aromatic N) is 2. The fourth-order valence-electron chi connectivity index (χ4n) is 1.85. The van der Waals surface area contributed by atoms with Crippen LogP contribution in [0.25, 0.3) is 0 Å². The van der Waals surface area contributed by atoms with Crippen molar-refractivity contribution in [1.82, 2.24) is 15.2 Å². The van der Waals surface area contributed by atoms with E-state index in [1.54, 1.807) is 11.3 Å². The summed E-state index contributed by atoms with van der Waals surface area (Å²) in [6.07, 6.45) is 1.49. The number of thiazole rings is 1. The third-order valence-corrected chi connectivity index (χ3v) is 3.51. The average molecular weight is 312 g/mol. The summed E-state index contributed by atoms with van der Waals surface area (Å²) in [6.45, 7) is 5.58. The Labute approximate surface area is 124 Å². The molecule has 0 aliphatic carbocycles. The molecule has 1 aliphatic rings. The van der Waals surface area contributed by atoms with Gasteiger partial charge in [0, 0.05) is 25.0 Å². The second-order valence-electron chi connectivity index (χ2n) is 4.02. The van der Waals surface area contributed by atoms with Crippen molar-refractivity contribution in [2.24, 2.45) is 0 Å². The zero-order chi connectivity index (χ0) is 11.4. The smallest absolute Gasteiger partial charge is 0.228 e. The molecule has 0 saturated carbocycles. The molecule has 2 heterocycles. The van der Waals surface area contributed by atoms with Crippen molar-refractivity contribution < 1.29 is 4.79 Å². The van der Waals surface area contributed by atoms with Crippen LogP contribution in [0.3, 0.4) is 0 Å². The van der Waals surface area contributed by atoms with E-state index in [2.05, 4.69) is 10.3 Å². The van der Waals surface area contributed by atoms with Crippen LogP contribution < -0.4 is 5.32 Å². The third-order valence-electron chi connectivity index (χ3n) is 2.69. The standard InChI is InChI=1S/C11H17N3OS.2ClH/c1-9-13-10(8-16-9)7-11(15)14-5-2-3-12-4-6-14;;/h8,12H,2-7H2,1H3;2*1H. The molecule has 1 N–H and O–H groups in total. The number of carbonyl (C=O) groups is 1. The van der Waals surface area contributed by atoms with Crippen LogP contribution in [0.2, 0.25) is 0 Å². The molecule has 1 amide bonds. The topological polar surface area (TPSA) is 45.2 Å². The first kappa shape index (κ1) is 17.6. The van der Waals surface area contributed by atoms with Gasteiger partial charge in [-0.2, -0.15) is 0 Å². The van der Waals surface area contributed by atoms with Crippen molar-refractivity contribution in [2.45, 2.75) is 19.8 Å². The Morgan fingerprint density at radius 2 is 2.22 bits per heavy atom. The number of halogens is 2. The molecular weight excluding hydrogens is 293 g/mol. The zero-order valence-corrected chi connectivity index (χ0v) is 12.8. The van der Waals surface area contributed by atoms with Crippen molar-refractivity contribution in [2.75, 3.05) is 26.2 Å². The summed E-state index contributed by atoms with van der Waals surface area (Å²) in [4.78, 5) is 18.3. The van der Waals surface area contributed by atoms with Crippen molar-refractivity contribution >= 4 is 42.1 Å². The zero-order valence-electron chi connectivity index (χ0n) is 10.3. The number of aryl methyl sites for hydroxylation is 1. The lowest BCUT2D eigenvalue weighted by atomic mass is 10.3. The molecule has 7 heteroatoms. The molecule has 0 spiro atoms. The second-order valence-corrected chi connectivity index (χ2v) is 5.08. The number of hydrogen-bond donors (Lipinski definition) is 1. The van der Waals surface area contributed by atoms with Crippen LogP contribution in [0, 0.1) is 6.92 Å². The van der Waals surface area contributed by atoms with Crippen LogP contribution in [0.4, 0.5) is 0 Å². The molecule has 1 saturated heterocycles. The van der Waals surface area contributed by atoms with Gasteiger partial charge in [0.15, 0.2) is 0 Å². The molecule has 18 heavy (non-hydrogen) atoms. The summed E-state index contributed by atoms with van der Waals surface area (Å²) < 4.78 is 0. The normalized spacial score (nSPS) is 15.3. The first-order chi connectivity index (χ1) is 7.75. The van der Waals surface area contributed by atoms with E-state index < -0.39 is 0 Å². The van der Waals surface area contributed by atoms with Crippen molar-refractivity contribution in [3.8, 4) is 0 Å². The highest BCUT2D eigenvalue weighted by atomic mass is 35.5. The molecule has 1 aromatic heterocycles. The molecule has 0 radical (unpaired) electrons. The quantitative estimate of drug-likeness (QED) is 0.903. The van der Waals surface area contributed by atoms with Gasteiger partial charge in [-0.25, -0.2) is 4.98 Å². The molecule has 0 unspecified atom stereocenters. The van der Waals surface area contributed by atoms with Gasteiger partial charge in [0.1, 0.15) is 0 Å². The number of aromatic nitrogens is 1. The molecule has 4 nitrogen and oxygen atoms in total. The highest BCUT2D eigenvalue weighted by Crippen LogP contribution is 2.10. The van der Waals surface area contributed by atoms with E-state index in [1.807, 2.05) is 17.2 Å². The summed E-state index contributed by atoms with van der Waals surface area (Å²) in [5.41, 5.74) is 0.907. The molecule has 0 bridgehead atoms. The molecule has 2 rings (SSSR count). The Bertz CT molecular complexity index is 365. The lowest BCUT2D eigenvalue weighted by molar-refractivity contribution is -0.130. The summed E-state index contributed by atoms with van der Waals surface area (Å²) in [7, 11) is 0. The van der Waals surface area contributed by atoms with Gasteiger partial charge in [-0.05, 0) is 19.9 Å². The largest absolute Gasteiger partial charge is 0.341 e. The molecule has 0 aromatic carbocycles. The SMILES string of the molecule is Cc1nc(CC(=O)N2CCCNCC2)cs1.Cl.Cl. The predicted octanol–water partition coefficient (Wildman–Crippen LogP) is 1.66. The van der Waals surface area contributed by atoms with Crippen LogP contribution >= 0.6 is 36.2 Å². The van der Waals surface area contributed by atoms with Gasteiger partial charge < -0.3 is 10.2 Å².